The zero-order valence-corrected chi connectivity index (χ0v) is 10.2. The summed E-state index contributed by atoms with van der Waals surface area (Å²) in [5, 5.41) is 24.0. The maximum atomic E-state index is 10.6. The molecule has 1 aromatic heterocycles. The van der Waals surface area contributed by atoms with Crippen LogP contribution in [0.2, 0.25) is 0 Å². The average molecular weight is 244 g/mol. The number of carboxylic acids is 1. The molecule has 0 saturated carbocycles. The normalized spacial score (nSPS) is 14.7. The summed E-state index contributed by atoms with van der Waals surface area (Å²) >= 11 is 1.59. The van der Waals surface area contributed by atoms with E-state index < -0.39 is 11.6 Å². The van der Waals surface area contributed by atoms with Gasteiger partial charge in [0.15, 0.2) is 5.60 Å². The lowest BCUT2D eigenvalue weighted by atomic mass is 10.1. The molecular weight excluding hydrogens is 228 g/mol. The van der Waals surface area contributed by atoms with Crippen LogP contribution in [-0.2, 0) is 11.2 Å². The summed E-state index contributed by atoms with van der Waals surface area (Å²) in [4.78, 5) is 14.9. The Labute approximate surface area is 98.1 Å². The second-order valence-electron chi connectivity index (χ2n) is 3.86. The Hall–Kier alpha value is -0.980. The maximum absolute atomic E-state index is 10.6. The fourth-order valence-corrected chi connectivity index (χ4v) is 1.79. The molecule has 0 radical (unpaired) electrons. The van der Waals surface area contributed by atoms with E-state index in [1.807, 2.05) is 12.3 Å². The molecule has 0 bridgehead atoms. The highest BCUT2D eigenvalue weighted by Gasteiger charge is 2.28. The van der Waals surface area contributed by atoms with E-state index in [0.717, 1.165) is 17.1 Å². The number of hydrogen-bond acceptors (Lipinski definition) is 5. The van der Waals surface area contributed by atoms with Gasteiger partial charge in [-0.1, -0.05) is 0 Å². The number of aliphatic carboxylic acids is 1. The molecule has 1 rings (SSSR count). The average Bonchev–Trinajstić information content (AvgIpc) is 2.59. The number of nitrogens with one attached hydrogen (secondary N) is 1. The number of aliphatic hydroxyl groups is 1. The smallest absolute Gasteiger partial charge is 0.336 e. The van der Waals surface area contributed by atoms with Crippen molar-refractivity contribution in [1.82, 2.24) is 10.3 Å². The molecule has 90 valence electrons. The van der Waals surface area contributed by atoms with E-state index in [0.29, 0.717) is 6.54 Å². The highest BCUT2D eigenvalue weighted by Crippen LogP contribution is 2.08. The highest BCUT2D eigenvalue weighted by molar-refractivity contribution is 7.09. The fraction of sp³-hybridized carbons (Fsp3) is 0.600. The van der Waals surface area contributed by atoms with Crippen molar-refractivity contribution >= 4 is 17.3 Å². The SMILES string of the molecule is Cc1nc(CCNCC(C)(O)C(=O)O)cs1. The number of nitrogens with zero attached hydrogens (tertiary/aromatic N) is 1. The Morgan fingerprint density at radius 2 is 2.38 bits per heavy atom. The Balaban J connectivity index is 2.24. The number of thiazole rings is 1. The molecule has 1 atom stereocenters. The van der Waals surface area contributed by atoms with Gasteiger partial charge in [0.2, 0.25) is 0 Å². The van der Waals surface area contributed by atoms with Crippen LogP contribution in [0.3, 0.4) is 0 Å². The fourth-order valence-electron chi connectivity index (χ4n) is 1.15. The predicted octanol–water partition coefficient (Wildman–Crippen LogP) is 0.419. The molecule has 1 aromatic rings. The van der Waals surface area contributed by atoms with Crippen LogP contribution in [-0.4, -0.2) is 39.9 Å². The summed E-state index contributed by atoms with van der Waals surface area (Å²) < 4.78 is 0. The molecule has 0 aromatic carbocycles. The van der Waals surface area contributed by atoms with Crippen molar-refractivity contribution in [3.05, 3.63) is 16.1 Å². The first-order chi connectivity index (χ1) is 7.42. The predicted molar refractivity (Wildman–Crippen MR) is 61.7 cm³/mol. The lowest BCUT2D eigenvalue weighted by molar-refractivity contribution is -0.156. The third-order valence-electron chi connectivity index (χ3n) is 2.15. The Morgan fingerprint density at radius 3 is 2.88 bits per heavy atom. The number of carbonyl (C=O) groups is 1. The van der Waals surface area contributed by atoms with E-state index in [4.69, 9.17) is 5.11 Å². The number of aryl methyl sites for hydroxylation is 1. The molecule has 5 nitrogen and oxygen atoms in total. The molecule has 0 aliphatic rings. The molecule has 0 fully saturated rings. The summed E-state index contributed by atoms with van der Waals surface area (Å²) in [6.07, 6.45) is 0.736. The van der Waals surface area contributed by atoms with Crippen LogP contribution in [0.4, 0.5) is 0 Å². The van der Waals surface area contributed by atoms with E-state index in [1.54, 1.807) is 11.3 Å². The summed E-state index contributed by atoms with van der Waals surface area (Å²) in [5.74, 6) is -1.22. The van der Waals surface area contributed by atoms with Gasteiger partial charge in [0.25, 0.3) is 0 Å². The Morgan fingerprint density at radius 1 is 1.69 bits per heavy atom. The molecule has 0 saturated heterocycles. The monoisotopic (exact) mass is 244 g/mol. The Kier molecular flexibility index (Phi) is 4.40. The summed E-state index contributed by atoms with van der Waals surface area (Å²) in [6, 6.07) is 0. The van der Waals surface area contributed by atoms with Crippen LogP contribution in [0.25, 0.3) is 0 Å². The van der Waals surface area contributed by atoms with Crippen molar-refractivity contribution in [2.24, 2.45) is 0 Å². The molecule has 0 aliphatic carbocycles. The van der Waals surface area contributed by atoms with Crippen LogP contribution in [0.5, 0.6) is 0 Å². The molecule has 0 aliphatic heterocycles. The van der Waals surface area contributed by atoms with Crippen molar-refractivity contribution in [2.75, 3.05) is 13.1 Å². The van der Waals surface area contributed by atoms with Gasteiger partial charge in [-0.3, -0.25) is 0 Å². The van der Waals surface area contributed by atoms with Gasteiger partial charge < -0.3 is 15.5 Å². The minimum atomic E-state index is -1.71. The van der Waals surface area contributed by atoms with Gasteiger partial charge in [-0.2, -0.15) is 0 Å². The lowest BCUT2D eigenvalue weighted by Crippen LogP contribution is -2.45. The summed E-state index contributed by atoms with van der Waals surface area (Å²) in [6.45, 7) is 3.85. The van der Waals surface area contributed by atoms with E-state index in [2.05, 4.69) is 10.3 Å². The van der Waals surface area contributed by atoms with E-state index in [1.165, 1.54) is 6.92 Å². The molecule has 3 N–H and O–H groups in total. The first-order valence-corrected chi connectivity index (χ1v) is 5.87. The largest absolute Gasteiger partial charge is 0.479 e. The van der Waals surface area contributed by atoms with Gasteiger partial charge in [0.05, 0.1) is 10.7 Å². The van der Waals surface area contributed by atoms with Crippen LogP contribution >= 0.6 is 11.3 Å². The van der Waals surface area contributed by atoms with Gasteiger partial charge >= 0.3 is 5.97 Å². The van der Waals surface area contributed by atoms with Gasteiger partial charge in [-0.25, -0.2) is 9.78 Å². The van der Waals surface area contributed by atoms with Crippen LogP contribution in [0, 0.1) is 6.92 Å². The quantitative estimate of drug-likeness (QED) is 0.632. The minimum absolute atomic E-state index is 0.0332. The third-order valence-corrected chi connectivity index (χ3v) is 2.98. The van der Waals surface area contributed by atoms with Crippen molar-refractivity contribution < 1.29 is 15.0 Å². The van der Waals surface area contributed by atoms with Crippen LogP contribution < -0.4 is 5.32 Å². The van der Waals surface area contributed by atoms with Crippen LogP contribution in [0.15, 0.2) is 5.38 Å². The number of rotatable bonds is 6. The van der Waals surface area contributed by atoms with E-state index >= 15 is 0 Å². The van der Waals surface area contributed by atoms with Gasteiger partial charge in [0, 0.05) is 24.9 Å². The van der Waals surface area contributed by atoms with E-state index in [-0.39, 0.29) is 6.54 Å². The minimum Gasteiger partial charge on any atom is -0.479 e. The highest BCUT2D eigenvalue weighted by atomic mass is 32.1. The lowest BCUT2D eigenvalue weighted by Gasteiger charge is -2.17. The van der Waals surface area contributed by atoms with Crippen LogP contribution in [0.1, 0.15) is 17.6 Å². The number of hydrogen-bond donors (Lipinski definition) is 3. The zero-order valence-electron chi connectivity index (χ0n) is 9.36. The second-order valence-corrected chi connectivity index (χ2v) is 4.93. The first-order valence-electron chi connectivity index (χ1n) is 4.99. The van der Waals surface area contributed by atoms with Crippen molar-refractivity contribution in [3.8, 4) is 0 Å². The number of aromatic nitrogens is 1. The number of carboxylic acid groups (broad SMARTS) is 1. The van der Waals surface area contributed by atoms with Crippen molar-refractivity contribution in [3.63, 3.8) is 0 Å². The summed E-state index contributed by atoms with van der Waals surface area (Å²) in [7, 11) is 0. The van der Waals surface area contributed by atoms with Crippen molar-refractivity contribution in [2.45, 2.75) is 25.9 Å². The topological polar surface area (TPSA) is 82.5 Å². The molecule has 16 heavy (non-hydrogen) atoms. The first kappa shape index (κ1) is 13.1. The summed E-state index contributed by atoms with van der Waals surface area (Å²) in [5.41, 5.74) is -0.720. The maximum Gasteiger partial charge on any atom is 0.336 e. The van der Waals surface area contributed by atoms with Crippen molar-refractivity contribution in [1.29, 1.82) is 0 Å². The molecule has 6 heteroatoms. The standard InChI is InChI=1S/C10H16N2O3S/c1-7-12-8(5-16-7)3-4-11-6-10(2,15)9(13)14/h5,11,15H,3-4,6H2,1-2H3,(H,13,14). The molecule has 0 amide bonds. The van der Waals surface area contributed by atoms with Gasteiger partial charge in [-0.15, -0.1) is 11.3 Å². The second kappa shape index (κ2) is 5.38. The zero-order chi connectivity index (χ0) is 12.2. The third kappa shape index (κ3) is 3.88. The Bertz CT molecular complexity index is 363. The molecular formula is C10H16N2O3S. The molecule has 1 heterocycles. The molecule has 0 spiro atoms. The van der Waals surface area contributed by atoms with Gasteiger partial charge in [0.1, 0.15) is 0 Å². The van der Waals surface area contributed by atoms with E-state index in [9.17, 15) is 9.90 Å². The molecule has 1 unspecified atom stereocenters. The van der Waals surface area contributed by atoms with Gasteiger partial charge in [-0.05, 0) is 13.8 Å².